The molecular weight excluding hydrogens is 328 g/mol. The van der Waals surface area contributed by atoms with Crippen LogP contribution in [-0.4, -0.2) is 0 Å². The molecule has 0 aliphatic carbocycles. The highest BCUT2D eigenvalue weighted by Crippen LogP contribution is 2.40. The van der Waals surface area contributed by atoms with Gasteiger partial charge in [0.15, 0.2) is 0 Å². The molecule has 0 aliphatic rings. The molecule has 0 amide bonds. The quantitative estimate of drug-likeness (QED) is 0.425. The van der Waals surface area contributed by atoms with Crippen molar-refractivity contribution in [2.24, 2.45) is 0 Å². The molecule has 0 bridgehead atoms. The van der Waals surface area contributed by atoms with Gasteiger partial charge in [-0.05, 0) is 59.2 Å². The number of benzene rings is 3. The number of hydrogen-bond donors (Lipinski definition) is 0. The normalized spacial score (nSPS) is 12.2. The van der Waals surface area contributed by atoms with Crippen LogP contribution in [0.25, 0.3) is 0 Å². The van der Waals surface area contributed by atoms with Crippen LogP contribution in [0.1, 0.15) is 68.2 Å². The lowest BCUT2D eigenvalue weighted by molar-refractivity contribution is 0.463. The molecule has 3 aromatic rings. The molecule has 1 heteroatoms. The summed E-state index contributed by atoms with van der Waals surface area (Å²) >= 11 is 0. The Morgan fingerprint density at radius 3 is 2.11 bits per heavy atom. The van der Waals surface area contributed by atoms with Crippen LogP contribution in [-0.2, 0) is 6.42 Å². The molecule has 139 valence electrons. The highest BCUT2D eigenvalue weighted by molar-refractivity contribution is 5.52. The first-order chi connectivity index (χ1) is 13.1. The minimum Gasteiger partial charge on any atom is -0.457 e. The van der Waals surface area contributed by atoms with Gasteiger partial charge in [-0.3, -0.25) is 0 Å². The number of ether oxygens (including phenoxy) is 1. The van der Waals surface area contributed by atoms with E-state index in [1.54, 1.807) is 0 Å². The molecule has 0 saturated carbocycles. The second kappa shape index (κ2) is 8.90. The van der Waals surface area contributed by atoms with E-state index in [1.165, 1.54) is 22.3 Å². The number of para-hydroxylation sites is 1. The third kappa shape index (κ3) is 4.60. The molecule has 0 aromatic heterocycles. The first-order valence-corrected chi connectivity index (χ1v) is 9.94. The summed E-state index contributed by atoms with van der Waals surface area (Å²) in [5, 5.41) is 0. The molecule has 1 nitrogen and oxygen atoms in total. The van der Waals surface area contributed by atoms with Crippen molar-refractivity contribution in [1.29, 1.82) is 0 Å². The first kappa shape index (κ1) is 19.2. The van der Waals surface area contributed by atoms with Gasteiger partial charge in [0.25, 0.3) is 0 Å². The molecule has 1 atom stereocenters. The van der Waals surface area contributed by atoms with Gasteiger partial charge in [-0.2, -0.15) is 0 Å². The van der Waals surface area contributed by atoms with E-state index in [4.69, 9.17) is 4.74 Å². The Kier molecular flexibility index (Phi) is 6.34. The zero-order chi connectivity index (χ0) is 19.2. The van der Waals surface area contributed by atoms with Crippen molar-refractivity contribution in [3.05, 3.63) is 95.1 Å². The summed E-state index contributed by atoms with van der Waals surface area (Å²) in [4.78, 5) is 0. The molecule has 0 heterocycles. The summed E-state index contributed by atoms with van der Waals surface area (Å²) in [6.07, 6.45) is 1.93. The lowest BCUT2D eigenvalue weighted by atomic mass is 9.86. The molecule has 3 aromatic carbocycles. The lowest BCUT2D eigenvalue weighted by Crippen LogP contribution is -2.06. The second-order valence-electron chi connectivity index (χ2n) is 7.51. The Morgan fingerprint density at radius 2 is 1.52 bits per heavy atom. The third-order valence-electron chi connectivity index (χ3n) is 5.15. The van der Waals surface area contributed by atoms with Crippen molar-refractivity contribution in [3.63, 3.8) is 0 Å². The maximum absolute atomic E-state index is 6.51. The van der Waals surface area contributed by atoms with Crippen molar-refractivity contribution >= 4 is 0 Å². The maximum Gasteiger partial charge on any atom is 0.134 e. The molecule has 0 N–H and O–H groups in total. The standard InChI is InChI=1S/C26H29O/c1-5-20(4)24-17-16-23(19(2)3)25(18-21-12-8-6-9-13-21)26(24)27-22-14-10-7-11-15-22/h6-15,17,19-20H,5,18H2,1-4H3. The predicted octanol–water partition coefficient (Wildman–Crippen LogP) is 7.51. The van der Waals surface area contributed by atoms with Crippen LogP contribution in [0.15, 0.2) is 66.7 Å². The Hall–Kier alpha value is -2.54. The second-order valence-corrected chi connectivity index (χ2v) is 7.51. The van der Waals surface area contributed by atoms with Crippen molar-refractivity contribution in [3.8, 4) is 11.5 Å². The van der Waals surface area contributed by atoms with Gasteiger partial charge in [0.1, 0.15) is 11.5 Å². The highest BCUT2D eigenvalue weighted by Gasteiger charge is 2.20. The fraction of sp³-hybridized carbons (Fsp3) is 0.308. The van der Waals surface area contributed by atoms with Crippen LogP contribution in [0.3, 0.4) is 0 Å². The molecule has 0 spiro atoms. The molecule has 3 rings (SSSR count). The Balaban J connectivity index is 2.15. The van der Waals surface area contributed by atoms with E-state index >= 15 is 0 Å². The van der Waals surface area contributed by atoms with Gasteiger partial charge in [-0.15, -0.1) is 0 Å². The van der Waals surface area contributed by atoms with E-state index in [0.717, 1.165) is 24.3 Å². The Bertz CT molecular complexity index is 850. The third-order valence-corrected chi connectivity index (χ3v) is 5.15. The largest absolute Gasteiger partial charge is 0.457 e. The Morgan fingerprint density at radius 1 is 0.889 bits per heavy atom. The molecule has 0 saturated heterocycles. The van der Waals surface area contributed by atoms with Crippen molar-refractivity contribution < 1.29 is 4.74 Å². The van der Waals surface area contributed by atoms with E-state index in [-0.39, 0.29) is 0 Å². The monoisotopic (exact) mass is 357 g/mol. The minimum atomic E-state index is 0.396. The predicted molar refractivity (Wildman–Crippen MR) is 114 cm³/mol. The molecule has 1 radical (unpaired) electrons. The zero-order valence-corrected chi connectivity index (χ0v) is 16.8. The summed E-state index contributed by atoms with van der Waals surface area (Å²) < 4.78 is 6.51. The van der Waals surface area contributed by atoms with Gasteiger partial charge >= 0.3 is 0 Å². The first-order valence-electron chi connectivity index (χ1n) is 9.94. The minimum absolute atomic E-state index is 0.396. The van der Waals surface area contributed by atoms with E-state index < -0.39 is 0 Å². The molecule has 1 unspecified atom stereocenters. The van der Waals surface area contributed by atoms with Gasteiger partial charge in [0.2, 0.25) is 0 Å². The van der Waals surface area contributed by atoms with Crippen LogP contribution in [0, 0.1) is 6.07 Å². The summed E-state index contributed by atoms with van der Waals surface area (Å²) in [7, 11) is 0. The maximum atomic E-state index is 6.51. The van der Waals surface area contributed by atoms with Crippen LogP contribution in [0.4, 0.5) is 0 Å². The molecule has 27 heavy (non-hydrogen) atoms. The van der Waals surface area contributed by atoms with Crippen LogP contribution < -0.4 is 4.74 Å². The summed E-state index contributed by atoms with van der Waals surface area (Å²) in [6, 6.07) is 26.5. The molecule has 0 fully saturated rings. The zero-order valence-electron chi connectivity index (χ0n) is 16.8. The van der Waals surface area contributed by atoms with Gasteiger partial charge in [0, 0.05) is 12.0 Å². The topological polar surface area (TPSA) is 9.23 Å². The fourth-order valence-corrected chi connectivity index (χ4v) is 3.41. The van der Waals surface area contributed by atoms with Crippen molar-refractivity contribution in [2.45, 2.75) is 52.4 Å². The van der Waals surface area contributed by atoms with Crippen molar-refractivity contribution in [1.82, 2.24) is 0 Å². The van der Waals surface area contributed by atoms with Crippen LogP contribution in [0.5, 0.6) is 11.5 Å². The highest BCUT2D eigenvalue weighted by atomic mass is 16.5. The average Bonchev–Trinajstić information content (AvgIpc) is 2.70. The van der Waals surface area contributed by atoms with Crippen molar-refractivity contribution in [2.75, 3.05) is 0 Å². The molecular formula is C26H29O. The SMILES string of the molecule is CCC(C)c1c[c]c(C(C)C)c(Cc2ccccc2)c1Oc1ccccc1. The average molecular weight is 358 g/mol. The number of rotatable bonds is 7. The van der Waals surface area contributed by atoms with E-state index in [1.807, 2.05) is 30.3 Å². The van der Waals surface area contributed by atoms with E-state index in [9.17, 15) is 0 Å². The molecule has 0 aliphatic heterocycles. The van der Waals surface area contributed by atoms with Gasteiger partial charge < -0.3 is 4.74 Å². The summed E-state index contributed by atoms with van der Waals surface area (Å²) in [6.45, 7) is 8.96. The van der Waals surface area contributed by atoms with Gasteiger partial charge in [0.05, 0.1) is 0 Å². The fourth-order valence-electron chi connectivity index (χ4n) is 3.41. The Labute approximate surface area is 164 Å². The smallest absolute Gasteiger partial charge is 0.134 e. The van der Waals surface area contributed by atoms with Crippen LogP contribution in [0.2, 0.25) is 0 Å². The van der Waals surface area contributed by atoms with E-state index in [0.29, 0.717) is 11.8 Å². The van der Waals surface area contributed by atoms with Gasteiger partial charge in [-0.25, -0.2) is 0 Å². The summed E-state index contributed by atoms with van der Waals surface area (Å²) in [5.74, 6) is 2.72. The summed E-state index contributed by atoms with van der Waals surface area (Å²) in [5.41, 5.74) is 5.05. The van der Waals surface area contributed by atoms with Crippen LogP contribution >= 0.6 is 0 Å². The number of hydrogen-bond acceptors (Lipinski definition) is 1. The van der Waals surface area contributed by atoms with E-state index in [2.05, 4.69) is 70.2 Å². The van der Waals surface area contributed by atoms with Gasteiger partial charge in [-0.1, -0.05) is 76.2 Å². The lowest BCUT2D eigenvalue weighted by Gasteiger charge is -2.23.